The van der Waals surface area contributed by atoms with Gasteiger partial charge in [0.25, 0.3) is 0 Å². The number of hydrogen-bond donors (Lipinski definition) is 1. The summed E-state index contributed by atoms with van der Waals surface area (Å²) in [5.41, 5.74) is 1.46. The lowest BCUT2D eigenvalue weighted by Crippen LogP contribution is -2.07. The Hall–Kier alpha value is -2.60. The van der Waals surface area contributed by atoms with Crippen molar-refractivity contribution in [2.75, 3.05) is 32.9 Å². The summed E-state index contributed by atoms with van der Waals surface area (Å²) in [4.78, 5) is 13.3. The normalized spacial score (nSPS) is 10.6. The van der Waals surface area contributed by atoms with Crippen LogP contribution in [0, 0.1) is 0 Å². The van der Waals surface area contributed by atoms with Crippen molar-refractivity contribution < 1.29 is 19.0 Å². The number of carbonyl (C=O) groups excluding carboxylic acids is 1. The van der Waals surface area contributed by atoms with E-state index in [-0.39, 0.29) is 5.91 Å². The fourth-order valence-corrected chi connectivity index (χ4v) is 2.62. The van der Waals surface area contributed by atoms with E-state index in [4.69, 9.17) is 14.2 Å². The number of ether oxygens (including phenoxy) is 3. The van der Waals surface area contributed by atoms with E-state index in [1.807, 2.05) is 30.5 Å². The molecule has 5 nitrogen and oxygen atoms in total. The van der Waals surface area contributed by atoms with Crippen LogP contribution in [0.2, 0.25) is 0 Å². The Balaban J connectivity index is 2.15. The maximum Gasteiger partial charge on any atom is 0.248 e. The van der Waals surface area contributed by atoms with Crippen LogP contribution in [0.4, 0.5) is 5.69 Å². The maximum atomic E-state index is 12.1. The third-order valence-corrected chi connectivity index (χ3v) is 4.25. The van der Waals surface area contributed by atoms with E-state index < -0.39 is 0 Å². The largest absolute Gasteiger partial charge is 0.496 e. The summed E-state index contributed by atoms with van der Waals surface area (Å²) in [5.74, 6) is 1.49. The highest BCUT2D eigenvalue weighted by atomic mass is 32.2. The van der Waals surface area contributed by atoms with Gasteiger partial charge in [0.2, 0.25) is 5.91 Å². The smallest absolute Gasteiger partial charge is 0.248 e. The molecule has 0 aliphatic heterocycles. The lowest BCUT2D eigenvalue weighted by molar-refractivity contribution is -0.111. The second kappa shape index (κ2) is 9.03. The van der Waals surface area contributed by atoms with Crippen LogP contribution in [0.3, 0.4) is 0 Å². The average Bonchev–Trinajstić information content (AvgIpc) is 2.66. The van der Waals surface area contributed by atoms with E-state index >= 15 is 0 Å². The summed E-state index contributed by atoms with van der Waals surface area (Å²) in [6.07, 6.45) is 5.13. The lowest BCUT2D eigenvalue weighted by Gasteiger charge is -2.12. The molecular formula is C19H21NO4S. The fourth-order valence-electron chi connectivity index (χ4n) is 2.21. The van der Waals surface area contributed by atoms with Gasteiger partial charge in [-0.2, -0.15) is 0 Å². The van der Waals surface area contributed by atoms with Crippen LogP contribution in [-0.4, -0.2) is 33.5 Å². The first-order valence-electron chi connectivity index (χ1n) is 7.54. The highest BCUT2D eigenvalue weighted by Crippen LogP contribution is 2.35. The predicted molar refractivity (Wildman–Crippen MR) is 102 cm³/mol. The Morgan fingerprint density at radius 3 is 2.12 bits per heavy atom. The number of hydrogen-bond acceptors (Lipinski definition) is 5. The maximum absolute atomic E-state index is 12.1. The molecular weight excluding hydrogens is 338 g/mol. The summed E-state index contributed by atoms with van der Waals surface area (Å²) >= 11 is 1.65. The molecule has 0 unspecified atom stereocenters. The molecule has 0 saturated heterocycles. The number of anilines is 1. The number of benzene rings is 2. The molecule has 0 radical (unpaired) electrons. The van der Waals surface area contributed by atoms with Crippen LogP contribution >= 0.6 is 11.8 Å². The van der Waals surface area contributed by atoms with Gasteiger partial charge in [-0.25, -0.2) is 0 Å². The number of thioether (sulfide) groups is 1. The van der Waals surface area contributed by atoms with Crippen molar-refractivity contribution in [3.05, 3.63) is 48.0 Å². The van der Waals surface area contributed by atoms with E-state index in [0.29, 0.717) is 22.8 Å². The second-order valence-corrected chi connectivity index (χ2v) is 5.88. The minimum atomic E-state index is -0.228. The van der Waals surface area contributed by atoms with E-state index in [1.165, 1.54) is 6.08 Å². The van der Waals surface area contributed by atoms with E-state index in [2.05, 4.69) is 5.32 Å². The lowest BCUT2D eigenvalue weighted by atomic mass is 10.1. The number of rotatable bonds is 7. The van der Waals surface area contributed by atoms with Crippen LogP contribution in [0.25, 0.3) is 6.08 Å². The molecule has 0 fully saturated rings. The van der Waals surface area contributed by atoms with Gasteiger partial charge in [0.15, 0.2) is 11.5 Å². The van der Waals surface area contributed by atoms with E-state index in [0.717, 1.165) is 10.6 Å². The zero-order valence-corrected chi connectivity index (χ0v) is 15.5. The number of carbonyl (C=O) groups is 1. The molecule has 0 atom stereocenters. The van der Waals surface area contributed by atoms with Crippen molar-refractivity contribution in [3.8, 4) is 17.2 Å². The first-order valence-corrected chi connectivity index (χ1v) is 8.77. The Morgan fingerprint density at radius 2 is 1.56 bits per heavy atom. The zero-order chi connectivity index (χ0) is 18.2. The quantitative estimate of drug-likeness (QED) is 0.596. The molecule has 2 aromatic rings. The Morgan fingerprint density at radius 1 is 0.960 bits per heavy atom. The van der Waals surface area contributed by atoms with Crippen molar-refractivity contribution in [2.24, 2.45) is 0 Å². The fraction of sp³-hybridized carbons (Fsp3) is 0.211. The van der Waals surface area contributed by atoms with E-state index in [1.54, 1.807) is 51.3 Å². The summed E-state index contributed by atoms with van der Waals surface area (Å²) in [7, 11) is 4.68. The minimum absolute atomic E-state index is 0.228. The second-order valence-electron chi connectivity index (χ2n) is 5.00. The summed E-state index contributed by atoms with van der Waals surface area (Å²) in [6.45, 7) is 0. The molecule has 1 amide bonds. The standard InChI is InChI=1S/C19H21NO4S/c1-22-16-12-18(24-3)17(23-2)11-13(16)5-10-19(21)20-14-6-8-15(25-4)9-7-14/h5-12H,1-4H3,(H,20,21)/b10-5+. The first kappa shape index (κ1) is 18.7. The van der Waals surface area contributed by atoms with Crippen molar-refractivity contribution in [1.82, 2.24) is 0 Å². The minimum Gasteiger partial charge on any atom is -0.496 e. The summed E-state index contributed by atoms with van der Waals surface area (Å²) < 4.78 is 15.9. The molecule has 2 aromatic carbocycles. The van der Waals surface area contributed by atoms with Gasteiger partial charge < -0.3 is 19.5 Å². The van der Waals surface area contributed by atoms with Crippen LogP contribution in [-0.2, 0) is 4.79 Å². The number of nitrogens with one attached hydrogen (secondary N) is 1. The van der Waals surface area contributed by atoms with Gasteiger partial charge in [-0.3, -0.25) is 4.79 Å². The van der Waals surface area contributed by atoms with E-state index in [9.17, 15) is 4.79 Å². The van der Waals surface area contributed by atoms with Gasteiger partial charge in [0.05, 0.1) is 21.3 Å². The van der Waals surface area contributed by atoms with Crippen molar-refractivity contribution >= 4 is 29.4 Å². The molecule has 6 heteroatoms. The summed E-state index contributed by atoms with van der Waals surface area (Å²) in [5, 5.41) is 2.82. The Kier molecular flexibility index (Phi) is 6.77. The number of methoxy groups -OCH3 is 3. The van der Waals surface area contributed by atoms with Crippen LogP contribution < -0.4 is 19.5 Å². The third kappa shape index (κ3) is 4.93. The van der Waals surface area contributed by atoms with Crippen molar-refractivity contribution in [2.45, 2.75) is 4.90 Å². The molecule has 132 valence electrons. The SMILES string of the molecule is COc1cc(OC)c(OC)cc1/C=C/C(=O)Nc1ccc(SC)cc1. The molecule has 25 heavy (non-hydrogen) atoms. The van der Waals surface area contributed by atoms with Crippen molar-refractivity contribution in [1.29, 1.82) is 0 Å². The molecule has 2 rings (SSSR count). The molecule has 0 aliphatic rings. The highest BCUT2D eigenvalue weighted by molar-refractivity contribution is 7.98. The Bertz CT molecular complexity index is 757. The van der Waals surface area contributed by atoms with Gasteiger partial charge in [-0.1, -0.05) is 0 Å². The highest BCUT2D eigenvalue weighted by Gasteiger charge is 2.10. The third-order valence-electron chi connectivity index (χ3n) is 3.51. The van der Waals surface area contributed by atoms with Gasteiger partial charge in [0.1, 0.15) is 5.75 Å². The van der Waals surface area contributed by atoms with Gasteiger partial charge in [-0.15, -0.1) is 11.8 Å². The van der Waals surface area contributed by atoms with Crippen LogP contribution in [0.5, 0.6) is 17.2 Å². The zero-order valence-electron chi connectivity index (χ0n) is 14.7. The van der Waals surface area contributed by atoms with Crippen LogP contribution in [0.1, 0.15) is 5.56 Å². The summed E-state index contributed by atoms with van der Waals surface area (Å²) in [6, 6.07) is 11.1. The molecule has 0 aliphatic carbocycles. The molecule has 0 saturated carbocycles. The molecule has 0 heterocycles. The average molecular weight is 359 g/mol. The molecule has 0 aromatic heterocycles. The first-order chi connectivity index (χ1) is 12.1. The van der Waals surface area contributed by atoms with Gasteiger partial charge >= 0.3 is 0 Å². The Labute approximate surface area is 152 Å². The topological polar surface area (TPSA) is 56.8 Å². The van der Waals surface area contributed by atoms with Crippen LogP contribution in [0.15, 0.2) is 47.4 Å². The monoisotopic (exact) mass is 359 g/mol. The predicted octanol–water partition coefficient (Wildman–Crippen LogP) is 4.09. The van der Waals surface area contributed by atoms with Gasteiger partial charge in [0, 0.05) is 28.3 Å². The van der Waals surface area contributed by atoms with Crippen molar-refractivity contribution in [3.63, 3.8) is 0 Å². The number of amides is 1. The van der Waals surface area contributed by atoms with Gasteiger partial charge in [-0.05, 0) is 42.7 Å². The molecule has 0 bridgehead atoms. The molecule has 1 N–H and O–H groups in total. The molecule has 0 spiro atoms.